The number of nitrogens with one attached hydrogen (secondary N) is 1. The summed E-state index contributed by atoms with van der Waals surface area (Å²) in [4.78, 5) is 19.7. The average molecular weight is 348 g/mol. The maximum absolute atomic E-state index is 12.3. The lowest BCUT2D eigenvalue weighted by Gasteiger charge is -2.03. The first-order valence-electron chi connectivity index (χ1n) is 7.92. The van der Waals surface area contributed by atoms with Gasteiger partial charge in [0.1, 0.15) is 0 Å². The molecule has 1 N–H and O–H groups in total. The van der Waals surface area contributed by atoms with E-state index in [2.05, 4.69) is 27.2 Å². The van der Waals surface area contributed by atoms with Crippen LogP contribution in [0.4, 0.5) is 0 Å². The van der Waals surface area contributed by atoms with Crippen molar-refractivity contribution < 1.29 is 0 Å². The highest BCUT2D eigenvalue weighted by Gasteiger charge is 2.12. The first kappa shape index (κ1) is 15.7. The van der Waals surface area contributed by atoms with Crippen LogP contribution in [0.1, 0.15) is 11.1 Å². The highest BCUT2D eigenvalue weighted by Crippen LogP contribution is 2.25. The van der Waals surface area contributed by atoms with Crippen molar-refractivity contribution in [2.75, 3.05) is 0 Å². The van der Waals surface area contributed by atoms with Gasteiger partial charge in [0, 0.05) is 11.3 Å². The third-order valence-electron chi connectivity index (χ3n) is 3.94. The summed E-state index contributed by atoms with van der Waals surface area (Å²) < 4.78 is 1.31. The van der Waals surface area contributed by atoms with Crippen molar-refractivity contribution in [3.63, 3.8) is 0 Å². The van der Waals surface area contributed by atoms with E-state index in [0.717, 1.165) is 16.9 Å². The molecule has 5 nitrogen and oxygen atoms in total. The second-order valence-electron chi connectivity index (χ2n) is 5.78. The number of nitrogens with zero attached hydrogens (tertiary/aromatic N) is 3. The van der Waals surface area contributed by atoms with Crippen molar-refractivity contribution in [2.24, 2.45) is 0 Å². The molecule has 0 bridgehead atoms. The maximum Gasteiger partial charge on any atom is 0.350 e. The molecule has 0 atom stereocenters. The van der Waals surface area contributed by atoms with E-state index in [4.69, 9.17) is 0 Å². The molecule has 0 unspecified atom stereocenters. The van der Waals surface area contributed by atoms with Crippen molar-refractivity contribution >= 4 is 17.4 Å². The van der Waals surface area contributed by atoms with Gasteiger partial charge in [-0.25, -0.2) is 9.78 Å². The minimum absolute atomic E-state index is 0.279. The molecule has 2 aromatic carbocycles. The van der Waals surface area contributed by atoms with Gasteiger partial charge in [0.15, 0.2) is 10.8 Å². The molecule has 2 aromatic heterocycles. The first-order chi connectivity index (χ1) is 12.2. The molecule has 0 saturated heterocycles. The molecule has 124 valence electrons. The van der Waals surface area contributed by atoms with Crippen molar-refractivity contribution in [1.82, 2.24) is 19.6 Å². The number of aromatic nitrogens is 4. The van der Waals surface area contributed by atoms with Gasteiger partial charge >= 0.3 is 5.69 Å². The van der Waals surface area contributed by atoms with Crippen LogP contribution in [0, 0.1) is 6.92 Å². The lowest BCUT2D eigenvalue weighted by molar-refractivity contribution is 0.786. The van der Waals surface area contributed by atoms with Crippen LogP contribution in [-0.2, 0) is 5.75 Å². The lowest BCUT2D eigenvalue weighted by atomic mass is 10.1. The van der Waals surface area contributed by atoms with E-state index in [-0.39, 0.29) is 5.69 Å². The van der Waals surface area contributed by atoms with Gasteiger partial charge in [-0.05, 0) is 18.1 Å². The number of hydrogen-bond acceptors (Lipinski definition) is 4. The van der Waals surface area contributed by atoms with Crippen LogP contribution in [0.2, 0.25) is 0 Å². The Kier molecular flexibility index (Phi) is 4.11. The molecular formula is C19H16N4OS. The number of H-pyrrole nitrogens is 1. The van der Waals surface area contributed by atoms with Crippen molar-refractivity contribution in [3.05, 3.63) is 82.4 Å². The molecule has 0 radical (unpaired) electrons. The summed E-state index contributed by atoms with van der Waals surface area (Å²) in [6.07, 6.45) is 1.69. The SMILES string of the molecule is Cc1ccc(-c2cnn3c(=O)[nH]c(SCc4ccccc4)nc23)cc1. The van der Waals surface area contributed by atoms with Crippen LogP contribution in [0.25, 0.3) is 16.8 Å². The Morgan fingerprint density at radius 1 is 1.08 bits per heavy atom. The minimum Gasteiger partial charge on any atom is -0.285 e. The quantitative estimate of drug-likeness (QED) is 0.571. The lowest BCUT2D eigenvalue weighted by Crippen LogP contribution is -2.19. The van der Waals surface area contributed by atoms with Crippen LogP contribution in [0.3, 0.4) is 0 Å². The Bertz CT molecular complexity index is 1070. The molecule has 0 saturated carbocycles. The summed E-state index contributed by atoms with van der Waals surface area (Å²) in [5, 5.41) is 4.77. The predicted octanol–water partition coefficient (Wildman–Crippen LogP) is 3.69. The number of benzene rings is 2. The average Bonchev–Trinajstić information content (AvgIpc) is 3.06. The summed E-state index contributed by atoms with van der Waals surface area (Å²) in [5.74, 6) is 0.744. The van der Waals surface area contributed by atoms with Gasteiger partial charge in [0.2, 0.25) is 0 Å². The number of hydrogen-bond donors (Lipinski definition) is 1. The largest absolute Gasteiger partial charge is 0.350 e. The zero-order valence-corrected chi connectivity index (χ0v) is 14.5. The smallest absolute Gasteiger partial charge is 0.285 e. The molecule has 4 aromatic rings. The fraction of sp³-hybridized carbons (Fsp3) is 0.105. The summed E-state index contributed by atoms with van der Waals surface area (Å²) in [6, 6.07) is 18.2. The summed E-state index contributed by atoms with van der Waals surface area (Å²) in [6.45, 7) is 2.04. The normalized spacial score (nSPS) is 11.1. The van der Waals surface area contributed by atoms with Gasteiger partial charge in [-0.15, -0.1) is 0 Å². The van der Waals surface area contributed by atoms with E-state index in [1.165, 1.54) is 27.4 Å². The molecule has 4 rings (SSSR count). The monoisotopic (exact) mass is 348 g/mol. The number of aryl methyl sites for hydroxylation is 1. The van der Waals surface area contributed by atoms with Crippen LogP contribution >= 0.6 is 11.8 Å². The molecule has 0 aliphatic heterocycles. The molecule has 6 heteroatoms. The number of thioether (sulfide) groups is 1. The van der Waals surface area contributed by atoms with E-state index in [1.54, 1.807) is 6.20 Å². The van der Waals surface area contributed by atoms with Crippen LogP contribution < -0.4 is 5.69 Å². The third-order valence-corrected chi connectivity index (χ3v) is 4.88. The second-order valence-corrected chi connectivity index (χ2v) is 6.75. The van der Waals surface area contributed by atoms with Gasteiger partial charge < -0.3 is 0 Å². The van der Waals surface area contributed by atoms with Gasteiger partial charge in [0.25, 0.3) is 0 Å². The topological polar surface area (TPSA) is 63.1 Å². The molecule has 25 heavy (non-hydrogen) atoms. The zero-order valence-electron chi connectivity index (χ0n) is 13.6. The Hall–Kier alpha value is -2.86. The second kappa shape index (κ2) is 6.57. The molecule has 0 aliphatic carbocycles. The molecule has 0 amide bonds. The zero-order chi connectivity index (χ0) is 17.2. The molecule has 0 fully saturated rings. The van der Waals surface area contributed by atoms with E-state index in [9.17, 15) is 4.79 Å². The number of aromatic amines is 1. The highest BCUT2D eigenvalue weighted by atomic mass is 32.2. The van der Waals surface area contributed by atoms with Gasteiger partial charge in [-0.2, -0.15) is 9.61 Å². The minimum atomic E-state index is -0.279. The van der Waals surface area contributed by atoms with Crippen molar-refractivity contribution in [1.29, 1.82) is 0 Å². The fourth-order valence-corrected chi connectivity index (χ4v) is 3.40. The Morgan fingerprint density at radius 2 is 1.84 bits per heavy atom. The summed E-state index contributed by atoms with van der Waals surface area (Å²) in [7, 11) is 0. The van der Waals surface area contributed by atoms with E-state index < -0.39 is 0 Å². The van der Waals surface area contributed by atoms with E-state index in [0.29, 0.717) is 10.8 Å². The van der Waals surface area contributed by atoms with Crippen molar-refractivity contribution in [3.8, 4) is 11.1 Å². The van der Waals surface area contributed by atoms with Gasteiger partial charge in [0.05, 0.1) is 6.20 Å². The Balaban J connectivity index is 1.71. The van der Waals surface area contributed by atoms with Gasteiger partial charge in [-0.1, -0.05) is 71.9 Å². The molecule has 0 aliphatic rings. The van der Waals surface area contributed by atoms with Crippen LogP contribution in [0.5, 0.6) is 0 Å². The number of fused-ring (bicyclic) bond motifs is 1. The molecule has 2 heterocycles. The highest BCUT2D eigenvalue weighted by molar-refractivity contribution is 7.98. The summed E-state index contributed by atoms with van der Waals surface area (Å²) >= 11 is 1.50. The first-order valence-corrected chi connectivity index (χ1v) is 8.91. The van der Waals surface area contributed by atoms with E-state index in [1.807, 2.05) is 49.4 Å². The fourth-order valence-electron chi connectivity index (χ4n) is 2.60. The van der Waals surface area contributed by atoms with Crippen molar-refractivity contribution in [2.45, 2.75) is 17.8 Å². The standard InChI is InChI=1S/C19H16N4OS/c1-13-7-9-15(10-8-13)16-11-20-23-17(16)21-18(22-19(23)24)25-12-14-5-3-2-4-6-14/h2-11H,12H2,1H3,(H,21,22,24). The van der Waals surface area contributed by atoms with Crippen LogP contribution in [0.15, 0.2) is 70.7 Å². The van der Waals surface area contributed by atoms with E-state index >= 15 is 0 Å². The predicted molar refractivity (Wildman–Crippen MR) is 99.8 cm³/mol. The summed E-state index contributed by atoms with van der Waals surface area (Å²) in [5.41, 5.74) is 4.51. The van der Waals surface area contributed by atoms with Crippen LogP contribution in [-0.4, -0.2) is 19.6 Å². The Labute approximate surface area is 148 Å². The number of rotatable bonds is 4. The third kappa shape index (κ3) is 3.21. The van der Waals surface area contributed by atoms with Gasteiger partial charge in [-0.3, -0.25) is 4.98 Å². The molecular weight excluding hydrogens is 332 g/mol. The Morgan fingerprint density at radius 3 is 2.60 bits per heavy atom. The maximum atomic E-state index is 12.3. The molecule has 0 spiro atoms.